The lowest BCUT2D eigenvalue weighted by atomic mass is 9.91. The second-order valence-corrected chi connectivity index (χ2v) is 6.30. The third-order valence-electron chi connectivity index (χ3n) is 4.19. The Morgan fingerprint density at radius 3 is 2.95 bits per heavy atom. The lowest BCUT2D eigenvalue weighted by Crippen LogP contribution is -2.32. The van der Waals surface area contributed by atoms with Crippen LogP contribution in [0.2, 0.25) is 0 Å². The highest BCUT2D eigenvalue weighted by atomic mass is 79.9. The van der Waals surface area contributed by atoms with Crippen molar-refractivity contribution in [3.63, 3.8) is 0 Å². The smallest absolute Gasteiger partial charge is 0.122 e. The number of nitrogens with two attached hydrogens (primary N) is 1. The lowest BCUT2D eigenvalue weighted by molar-refractivity contribution is 0.312. The van der Waals surface area contributed by atoms with Crippen molar-refractivity contribution in [2.45, 2.75) is 31.7 Å². The monoisotopic (exact) mass is 349 g/mol. The van der Waals surface area contributed by atoms with Gasteiger partial charge in [0, 0.05) is 31.0 Å². The van der Waals surface area contributed by atoms with Gasteiger partial charge in [0.05, 0.1) is 22.5 Å². The quantitative estimate of drug-likeness (QED) is 0.923. The summed E-state index contributed by atoms with van der Waals surface area (Å²) in [6.45, 7) is 2.77. The summed E-state index contributed by atoms with van der Waals surface area (Å²) in [4.78, 5) is 0. The molecule has 2 aromatic rings. The number of benzene rings is 1. The van der Waals surface area contributed by atoms with Crippen LogP contribution in [0.5, 0.6) is 5.75 Å². The van der Waals surface area contributed by atoms with Gasteiger partial charge in [-0.05, 0) is 28.4 Å². The molecule has 2 atom stereocenters. The first-order chi connectivity index (χ1) is 10.1. The molecule has 0 saturated carbocycles. The van der Waals surface area contributed by atoms with Gasteiger partial charge in [-0.3, -0.25) is 4.68 Å². The second kappa shape index (κ2) is 5.81. The van der Waals surface area contributed by atoms with E-state index < -0.39 is 0 Å². The minimum Gasteiger partial charge on any atom is -0.493 e. The molecule has 2 N–H and O–H groups in total. The van der Waals surface area contributed by atoms with Crippen molar-refractivity contribution < 1.29 is 4.74 Å². The summed E-state index contributed by atoms with van der Waals surface area (Å²) in [6, 6.07) is 8.19. The molecule has 1 aromatic carbocycles. The van der Waals surface area contributed by atoms with E-state index in [4.69, 9.17) is 10.5 Å². The van der Waals surface area contributed by atoms with Gasteiger partial charge in [-0.15, -0.1) is 0 Å². The highest BCUT2D eigenvalue weighted by molar-refractivity contribution is 9.10. The number of fused-ring (bicyclic) bond motifs is 1. The Hall–Kier alpha value is -1.33. The zero-order chi connectivity index (χ0) is 15.0. The van der Waals surface area contributed by atoms with E-state index in [1.165, 1.54) is 5.56 Å². The fourth-order valence-electron chi connectivity index (χ4n) is 2.95. The summed E-state index contributed by atoms with van der Waals surface area (Å²) >= 11 is 3.66. The molecule has 0 amide bonds. The minimum absolute atomic E-state index is 0.0186. The molecule has 5 heteroatoms. The van der Waals surface area contributed by atoms with E-state index in [0.717, 1.165) is 34.5 Å². The van der Waals surface area contributed by atoms with E-state index in [1.807, 2.05) is 29.9 Å². The summed E-state index contributed by atoms with van der Waals surface area (Å²) in [5.74, 6) is 1.21. The van der Waals surface area contributed by atoms with Gasteiger partial charge in [0.25, 0.3) is 0 Å². The molecular formula is C16H20BrN3O. The van der Waals surface area contributed by atoms with Crippen LogP contribution in [-0.2, 0) is 19.9 Å². The first-order valence-corrected chi connectivity index (χ1v) is 8.08. The number of aryl methyl sites for hydroxylation is 2. The fourth-order valence-corrected chi connectivity index (χ4v) is 3.73. The molecule has 0 bridgehead atoms. The average Bonchev–Trinajstić information content (AvgIpc) is 3.03. The Morgan fingerprint density at radius 2 is 2.24 bits per heavy atom. The van der Waals surface area contributed by atoms with Gasteiger partial charge in [-0.2, -0.15) is 5.10 Å². The van der Waals surface area contributed by atoms with Crippen molar-refractivity contribution in [3.8, 4) is 5.75 Å². The van der Waals surface area contributed by atoms with Crippen LogP contribution < -0.4 is 10.5 Å². The molecular weight excluding hydrogens is 330 g/mol. The number of hydrogen-bond acceptors (Lipinski definition) is 3. The summed E-state index contributed by atoms with van der Waals surface area (Å²) in [5.41, 5.74) is 9.94. The number of nitrogens with zero attached hydrogens (tertiary/aromatic N) is 2. The third-order valence-corrected chi connectivity index (χ3v) is 5.10. The molecule has 2 unspecified atom stereocenters. The van der Waals surface area contributed by atoms with Crippen molar-refractivity contribution in [3.05, 3.63) is 45.7 Å². The van der Waals surface area contributed by atoms with Crippen molar-refractivity contribution >= 4 is 15.9 Å². The largest absolute Gasteiger partial charge is 0.493 e. The molecule has 0 aliphatic carbocycles. The number of para-hydroxylation sites is 1. The summed E-state index contributed by atoms with van der Waals surface area (Å²) in [7, 11) is 1.98. The molecule has 3 rings (SSSR count). The van der Waals surface area contributed by atoms with Crippen LogP contribution in [0.4, 0.5) is 0 Å². The maximum Gasteiger partial charge on any atom is 0.122 e. The third kappa shape index (κ3) is 2.60. The van der Waals surface area contributed by atoms with Gasteiger partial charge in [-0.1, -0.05) is 25.1 Å². The van der Waals surface area contributed by atoms with Gasteiger partial charge < -0.3 is 10.5 Å². The standard InChI is InChI=1S/C16H20BrN3O/c1-3-13-16(17)14(20(2)19-13)8-12(18)11-9-21-15-7-5-4-6-10(11)15/h4-7,11-12H,3,8-9,18H2,1-2H3. The molecule has 1 aromatic heterocycles. The molecule has 0 fully saturated rings. The maximum atomic E-state index is 6.47. The summed E-state index contributed by atoms with van der Waals surface area (Å²) in [6.07, 6.45) is 1.70. The van der Waals surface area contributed by atoms with Crippen molar-refractivity contribution in [2.24, 2.45) is 12.8 Å². The highest BCUT2D eigenvalue weighted by Crippen LogP contribution is 2.36. The van der Waals surface area contributed by atoms with E-state index in [-0.39, 0.29) is 12.0 Å². The molecule has 0 spiro atoms. The maximum absolute atomic E-state index is 6.47. The topological polar surface area (TPSA) is 53.1 Å². The van der Waals surface area contributed by atoms with Gasteiger partial charge in [0.15, 0.2) is 0 Å². The molecule has 1 aliphatic heterocycles. The first kappa shape index (κ1) is 14.6. The minimum atomic E-state index is 0.0186. The normalized spacial score (nSPS) is 18.4. The van der Waals surface area contributed by atoms with E-state index >= 15 is 0 Å². The van der Waals surface area contributed by atoms with Crippen molar-refractivity contribution in [2.75, 3.05) is 6.61 Å². The number of rotatable bonds is 4. The van der Waals surface area contributed by atoms with E-state index in [0.29, 0.717) is 6.61 Å². The molecule has 0 radical (unpaired) electrons. The average molecular weight is 350 g/mol. The zero-order valence-electron chi connectivity index (χ0n) is 12.3. The SMILES string of the molecule is CCc1nn(C)c(CC(N)C2COc3ccccc32)c1Br. The Labute approximate surface area is 133 Å². The Morgan fingerprint density at radius 1 is 1.48 bits per heavy atom. The Balaban J connectivity index is 1.82. The number of hydrogen-bond donors (Lipinski definition) is 1. The molecule has 1 aliphatic rings. The van der Waals surface area contributed by atoms with E-state index in [9.17, 15) is 0 Å². The van der Waals surface area contributed by atoms with Gasteiger partial charge in [0.2, 0.25) is 0 Å². The van der Waals surface area contributed by atoms with Gasteiger partial charge in [0.1, 0.15) is 5.75 Å². The second-order valence-electron chi connectivity index (χ2n) is 5.51. The van der Waals surface area contributed by atoms with Crippen LogP contribution >= 0.6 is 15.9 Å². The molecule has 0 saturated heterocycles. The van der Waals surface area contributed by atoms with Gasteiger partial charge in [-0.25, -0.2) is 0 Å². The van der Waals surface area contributed by atoms with E-state index in [1.54, 1.807) is 0 Å². The van der Waals surface area contributed by atoms with Crippen LogP contribution in [0.15, 0.2) is 28.7 Å². The number of ether oxygens (including phenoxy) is 1. The highest BCUT2D eigenvalue weighted by Gasteiger charge is 2.30. The molecule has 21 heavy (non-hydrogen) atoms. The summed E-state index contributed by atoms with van der Waals surface area (Å²) < 4.78 is 8.77. The predicted octanol–water partition coefficient (Wildman–Crippen LogP) is 2.79. The van der Waals surface area contributed by atoms with Crippen LogP contribution in [0.3, 0.4) is 0 Å². The van der Waals surface area contributed by atoms with Crippen LogP contribution in [0.1, 0.15) is 29.8 Å². The zero-order valence-corrected chi connectivity index (χ0v) is 13.9. The van der Waals surface area contributed by atoms with Crippen LogP contribution in [0.25, 0.3) is 0 Å². The number of halogens is 1. The number of aromatic nitrogens is 2. The molecule has 112 valence electrons. The Kier molecular flexibility index (Phi) is 4.04. The van der Waals surface area contributed by atoms with E-state index in [2.05, 4.69) is 34.0 Å². The summed E-state index contributed by atoms with van der Waals surface area (Å²) in [5, 5.41) is 4.54. The van der Waals surface area contributed by atoms with Crippen LogP contribution in [0, 0.1) is 0 Å². The van der Waals surface area contributed by atoms with Gasteiger partial charge >= 0.3 is 0 Å². The fraction of sp³-hybridized carbons (Fsp3) is 0.438. The Bertz CT molecular complexity index is 653. The first-order valence-electron chi connectivity index (χ1n) is 7.29. The molecule has 2 heterocycles. The van der Waals surface area contributed by atoms with Crippen LogP contribution in [-0.4, -0.2) is 22.4 Å². The molecule has 4 nitrogen and oxygen atoms in total. The predicted molar refractivity (Wildman–Crippen MR) is 86.6 cm³/mol. The van der Waals surface area contributed by atoms with Crippen molar-refractivity contribution in [1.82, 2.24) is 9.78 Å². The lowest BCUT2D eigenvalue weighted by Gasteiger charge is -2.18. The van der Waals surface area contributed by atoms with Crippen molar-refractivity contribution in [1.29, 1.82) is 0 Å².